The lowest BCUT2D eigenvalue weighted by atomic mass is 10.0. The number of aliphatic imine (C=N–C) groups is 2. The van der Waals surface area contributed by atoms with Crippen LogP contribution in [0.4, 0.5) is 5.69 Å². The predicted octanol–water partition coefficient (Wildman–Crippen LogP) is 6.97. The quantitative estimate of drug-likeness (QED) is 0.328. The summed E-state index contributed by atoms with van der Waals surface area (Å²) in [6.07, 6.45) is 6.20. The van der Waals surface area contributed by atoms with Crippen molar-refractivity contribution in [2.24, 2.45) is 9.98 Å². The van der Waals surface area contributed by atoms with Gasteiger partial charge in [0.25, 0.3) is 0 Å². The van der Waals surface area contributed by atoms with E-state index < -0.39 is 0 Å². The van der Waals surface area contributed by atoms with Gasteiger partial charge < -0.3 is 9.64 Å². The molecule has 0 N–H and O–H groups in total. The molecule has 180 valence electrons. The molecule has 1 aliphatic heterocycles. The zero-order valence-corrected chi connectivity index (χ0v) is 21.5. The second kappa shape index (κ2) is 11.3. The van der Waals surface area contributed by atoms with Crippen molar-refractivity contribution in [2.75, 3.05) is 25.1 Å². The minimum atomic E-state index is 0.569. The highest BCUT2D eigenvalue weighted by Crippen LogP contribution is 2.31. The van der Waals surface area contributed by atoms with Crippen molar-refractivity contribution < 1.29 is 4.74 Å². The number of hydrogen-bond donors (Lipinski definition) is 0. The van der Waals surface area contributed by atoms with E-state index in [1.54, 1.807) is 13.3 Å². The van der Waals surface area contributed by atoms with E-state index in [0.717, 1.165) is 35.6 Å². The number of aromatic nitrogens is 1. The second-order valence-corrected chi connectivity index (χ2v) is 8.90. The van der Waals surface area contributed by atoms with Crippen LogP contribution >= 0.6 is 11.6 Å². The van der Waals surface area contributed by atoms with Crippen LogP contribution in [-0.4, -0.2) is 36.7 Å². The first kappa shape index (κ1) is 24.7. The standard InChI is InChI=1S/C29H31ClN4O/c1-5-7-16-34(6-2)23-13-11-21(20(3)17-23)18-26-28(24-19-22(30)12-14-27(24)35-4)33-29(32-26)25-10-8-9-15-31-25/h8-15,17-19H,5-7,16H2,1-4H3/b26-18-. The van der Waals surface area contributed by atoms with Crippen LogP contribution in [0.1, 0.15) is 49.1 Å². The summed E-state index contributed by atoms with van der Waals surface area (Å²) in [6.45, 7) is 8.62. The summed E-state index contributed by atoms with van der Waals surface area (Å²) >= 11 is 6.35. The number of halogens is 1. The van der Waals surface area contributed by atoms with Gasteiger partial charge in [-0.15, -0.1) is 0 Å². The number of hydrogen-bond acceptors (Lipinski definition) is 5. The molecule has 5 nitrogen and oxygen atoms in total. The van der Waals surface area contributed by atoms with Crippen LogP contribution < -0.4 is 9.64 Å². The SMILES string of the molecule is CCCCN(CC)c1ccc(/C=C2\N=C(c3ccccn3)N=C2c2cc(Cl)ccc2OC)c(C)c1. The first-order chi connectivity index (χ1) is 17.0. The molecule has 4 rings (SSSR count). The van der Waals surface area contributed by atoms with Gasteiger partial charge >= 0.3 is 0 Å². The van der Waals surface area contributed by atoms with E-state index in [4.69, 9.17) is 26.3 Å². The van der Waals surface area contributed by atoms with Gasteiger partial charge in [-0.1, -0.05) is 37.1 Å². The molecular formula is C29H31ClN4O. The number of benzene rings is 2. The molecule has 35 heavy (non-hydrogen) atoms. The smallest absolute Gasteiger partial charge is 0.179 e. The molecule has 1 aromatic heterocycles. The predicted molar refractivity (Wildman–Crippen MR) is 147 cm³/mol. The maximum absolute atomic E-state index is 6.35. The minimum Gasteiger partial charge on any atom is -0.496 e. The third kappa shape index (κ3) is 5.63. The van der Waals surface area contributed by atoms with Crippen LogP contribution in [-0.2, 0) is 0 Å². The van der Waals surface area contributed by atoms with Crippen LogP contribution in [0, 0.1) is 6.92 Å². The molecule has 0 saturated carbocycles. The zero-order chi connectivity index (χ0) is 24.8. The van der Waals surface area contributed by atoms with Crippen LogP contribution in [0.15, 0.2) is 76.5 Å². The number of ether oxygens (including phenoxy) is 1. The molecule has 0 radical (unpaired) electrons. The lowest BCUT2D eigenvalue weighted by molar-refractivity contribution is 0.414. The average molecular weight is 487 g/mol. The van der Waals surface area contributed by atoms with Crippen molar-refractivity contribution >= 4 is 34.9 Å². The Morgan fingerprint density at radius 1 is 1.03 bits per heavy atom. The van der Waals surface area contributed by atoms with Gasteiger partial charge in [0.2, 0.25) is 0 Å². The van der Waals surface area contributed by atoms with E-state index in [2.05, 4.69) is 54.9 Å². The zero-order valence-electron chi connectivity index (χ0n) is 20.8. The highest BCUT2D eigenvalue weighted by molar-refractivity contribution is 6.32. The lowest BCUT2D eigenvalue weighted by Gasteiger charge is -2.23. The molecule has 0 fully saturated rings. The van der Waals surface area contributed by atoms with E-state index in [0.29, 0.717) is 22.3 Å². The van der Waals surface area contributed by atoms with Crippen LogP contribution in [0.5, 0.6) is 5.75 Å². The molecule has 0 saturated heterocycles. The maximum atomic E-state index is 6.35. The molecule has 0 atom stereocenters. The Bertz CT molecular complexity index is 1280. The first-order valence-corrected chi connectivity index (χ1v) is 12.4. The fraction of sp³-hybridized carbons (Fsp3) is 0.276. The van der Waals surface area contributed by atoms with E-state index in [1.807, 2.05) is 36.4 Å². The van der Waals surface area contributed by atoms with Crippen molar-refractivity contribution in [1.29, 1.82) is 0 Å². The molecule has 2 heterocycles. The first-order valence-electron chi connectivity index (χ1n) is 12.0. The molecule has 1 aliphatic rings. The van der Waals surface area contributed by atoms with Crippen molar-refractivity contribution in [3.63, 3.8) is 0 Å². The Labute approximate surface area is 212 Å². The molecule has 6 heteroatoms. The normalized spacial score (nSPS) is 14.1. The number of amidine groups is 1. The summed E-state index contributed by atoms with van der Waals surface area (Å²) in [6, 6.07) is 17.9. The number of unbranched alkanes of at least 4 members (excludes halogenated alkanes) is 1. The maximum Gasteiger partial charge on any atom is 0.179 e. The number of anilines is 1. The largest absolute Gasteiger partial charge is 0.496 e. The van der Waals surface area contributed by atoms with Crippen LogP contribution in [0.2, 0.25) is 5.02 Å². The summed E-state index contributed by atoms with van der Waals surface area (Å²) < 4.78 is 5.62. The van der Waals surface area contributed by atoms with Gasteiger partial charge in [-0.25, -0.2) is 9.98 Å². The third-order valence-electron chi connectivity index (χ3n) is 6.07. The van der Waals surface area contributed by atoms with Gasteiger partial charge in [-0.2, -0.15) is 0 Å². The highest BCUT2D eigenvalue weighted by Gasteiger charge is 2.23. The Morgan fingerprint density at radius 3 is 2.57 bits per heavy atom. The fourth-order valence-electron chi connectivity index (χ4n) is 4.11. The van der Waals surface area contributed by atoms with Crippen molar-refractivity contribution in [3.8, 4) is 5.75 Å². The fourth-order valence-corrected chi connectivity index (χ4v) is 4.29. The third-order valence-corrected chi connectivity index (χ3v) is 6.31. The molecule has 3 aromatic rings. The number of aryl methyl sites for hydroxylation is 1. The molecular weight excluding hydrogens is 456 g/mol. The Kier molecular flexibility index (Phi) is 7.98. The summed E-state index contributed by atoms with van der Waals surface area (Å²) in [4.78, 5) is 16.6. The lowest BCUT2D eigenvalue weighted by Crippen LogP contribution is -2.23. The van der Waals surface area contributed by atoms with Gasteiger partial charge in [0.1, 0.15) is 17.2 Å². The number of rotatable bonds is 9. The Hall–Kier alpha value is -3.44. The Balaban J connectivity index is 1.77. The molecule has 0 bridgehead atoms. The van der Waals surface area contributed by atoms with Gasteiger partial charge in [-0.3, -0.25) is 4.98 Å². The minimum absolute atomic E-state index is 0.569. The topological polar surface area (TPSA) is 50.1 Å². The molecule has 2 aromatic carbocycles. The molecule has 0 aliphatic carbocycles. The number of allylic oxidation sites excluding steroid dienone is 1. The molecule has 0 unspecified atom stereocenters. The van der Waals surface area contributed by atoms with Gasteiger partial charge in [0, 0.05) is 35.6 Å². The van der Waals surface area contributed by atoms with E-state index in [9.17, 15) is 0 Å². The van der Waals surface area contributed by atoms with E-state index in [-0.39, 0.29) is 0 Å². The summed E-state index contributed by atoms with van der Waals surface area (Å²) in [5, 5.41) is 0.612. The summed E-state index contributed by atoms with van der Waals surface area (Å²) in [5.74, 6) is 1.26. The van der Waals surface area contributed by atoms with Crippen LogP contribution in [0.25, 0.3) is 6.08 Å². The van der Waals surface area contributed by atoms with Crippen molar-refractivity contribution in [1.82, 2.24) is 4.98 Å². The van der Waals surface area contributed by atoms with Crippen LogP contribution in [0.3, 0.4) is 0 Å². The summed E-state index contributed by atoms with van der Waals surface area (Å²) in [5.41, 5.74) is 6.50. The monoisotopic (exact) mass is 486 g/mol. The number of pyridine rings is 1. The van der Waals surface area contributed by atoms with Crippen molar-refractivity contribution in [3.05, 3.63) is 93.9 Å². The molecule has 0 amide bonds. The highest BCUT2D eigenvalue weighted by atomic mass is 35.5. The van der Waals surface area contributed by atoms with Crippen molar-refractivity contribution in [2.45, 2.75) is 33.6 Å². The van der Waals surface area contributed by atoms with E-state index >= 15 is 0 Å². The average Bonchev–Trinajstić information content (AvgIpc) is 3.30. The van der Waals surface area contributed by atoms with Gasteiger partial charge in [0.05, 0.1) is 12.8 Å². The summed E-state index contributed by atoms with van der Waals surface area (Å²) in [7, 11) is 1.65. The number of methoxy groups -OCH3 is 1. The number of nitrogens with zero attached hydrogens (tertiary/aromatic N) is 4. The molecule has 0 spiro atoms. The Morgan fingerprint density at radius 2 is 1.89 bits per heavy atom. The van der Waals surface area contributed by atoms with Gasteiger partial charge in [-0.05, 0) is 79.9 Å². The second-order valence-electron chi connectivity index (χ2n) is 8.46. The van der Waals surface area contributed by atoms with Gasteiger partial charge in [0.15, 0.2) is 5.84 Å². The van der Waals surface area contributed by atoms with E-state index in [1.165, 1.54) is 24.1 Å².